The number of benzene rings is 1. The normalized spacial score (nSPS) is 13.6. The Labute approximate surface area is 110 Å². The van der Waals surface area contributed by atoms with Gasteiger partial charge in [-0.25, -0.2) is 9.18 Å². The van der Waals surface area contributed by atoms with Gasteiger partial charge >= 0.3 is 6.03 Å². The lowest BCUT2D eigenvalue weighted by atomic mass is 10.1. The Morgan fingerprint density at radius 2 is 1.89 bits per heavy atom. The monoisotopic (exact) mass is 272 g/mol. The van der Waals surface area contributed by atoms with Gasteiger partial charge in [0.05, 0.1) is 6.04 Å². The number of rotatable bonds is 3. The van der Waals surface area contributed by atoms with E-state index in [-0.39, 0.29) is 0 Å². The number of hydrogen-bond donors (Lipinski definition) is 2. The van der Waals surface area contributed by atoms with E-state index in [0.717, 1.165) is 0 Å². The summed E-state index contributed by atoms with van der Waals surface area (Å²) in [5.74, 6) is -1.02. The second kappa shape index (κ2) is 6.35. The molecule has 0 radical (unpaired) electrons. The van der Waals surface area contributed by atoms with E-state index >= 15 is 0 Å². The van der Waals surface area contributed by atoms with Crippen LogP contribution in [0.1, 0.15) is 25.5 Å². The number of imide groups is 1. The lowest BCUT2D eigenvalue weighted by molar-refractivity contribution is -0.119. The van der Waals surface area contributed by atoms with Crippen LogP contribution in [0, 0.1) is 5.82 Å². The van der Waals surface area contributed by atoms with Crippen LogP contribution < -0.4 is 10.6 Å². The molecule has 18 heavy (non-hydrogen) atoms. The Bertz CT molecular complexity index is 451. The molecule has 0 fully saturated rings. The number of carbonyl (C=O) groups is 2. The van der Waals surface area contributed by atoms with Crippen molar-refractivity contribution in [1.82, 2.24) is 10.6 Å². The molecule has 1 aromatic rings. The highest BCUT2D eigenvalue weighted by Gasteiger charge is 2.16. The molecule has 1 rings (SSSR count). The van der Waals surface area contributed by atoms with E-state index in [0.29, 0.717) is 5.56 Å². The topological polar surface area (TPSA) is 58.2 Å². The van der Waals surface area contributed by atoms with Crippen LogP contribution in [0.15, 0.2) is 24.3 Å². The van der Waals surface area contributed by atoms with Crippen molar-refractivity contribution in [3.05, 3.63) is 35.6 Å². The first-order valence-corrected chi connectivity index (χ1v) is 5.85. The Hall–Kier alpha value is -1.62. The van der Waals surface area contributed by atoms with Gasteiger partial charge in [-0.2, -0.15) is 0 Å². The third-order valence-corrected chi connectivity index (χ3v) is 2.52. The van der Waals surface area contributed by atoms with Gasteiger partial charge in [0.1, 0.15) is 11.2 Å². The second-order valence-electron chi connectivity index (χ2n) is 3.82. The lowest BCUT2D eigenvalue weighted by Gasteiger charge is -2.15. The number of alkyl halides is 1. The van der Waals surface area contributed by atoms with Crippen molar-refractivity contribution >= 4 is 23.5 Å². The van der Waals surface area contributed by atoms with Crippen LogP contribution in [-0.4, -0.2) is 17.3 Å². The minimum absolute atomic E-state index is 0.346. The zero-order valence-electron chi connectivity index (χ0n) is 10.0. The van der Waals surface area contributed by atoms with Gasteiger partial charge < -0.3 is 5.32 Å². The van der Waals surface area contributed by atoms with E-state index in [9.17, 15) is 14.0 Å². The maximum absolute atomic E-state index is 13.4. The summed E-state index contributed by atoms with van der Waals surface area (Å²) < 4.78 is 13.4. The second-order valence-corrected chi connectivity index (χ2v) is 4.48. The van der Waals surface area contributed by atoms with Crippen LogP contribution in [0.2, 0.25) is 0 Å². The molecule has 98 valence electrons. The minimum Gasteiger partial charge on any atom is -0.331 e. The van der Waals surface area contributed by atoms with E-state index in [1.807, 2.05) is 0 Å². The maximum Gasteiger partial charge on any atom is 0.321 e. The van der Waals surface area contributed by atoms with Crippen molar-refractivity contribution in [2.24, 2.45) is 0 Å². The van der Waals surface area contributed by atoms with Gasteiger partial charge in [-0.15, -0.1) is 11.6 Å². The van der Waals surface area contributed by atoms with Crippen LogP contribution >= 0.6 is 11.6 Å². The van der Waals surface area contributed by atoms with E-state index in [1.54, 1.807) is 25.1 Å². The molecule has 1 aromatic carbocycles. The van der Waals surface area contributed by atoms with Crippen molar-refractivity contribution in [3.8, 4) is 0 Å². The van der Waals surface area contributed by atoms with Gasteiger partial charge in [-0.3, -0.25) is 10.1 Å². The molecule has 2 unspecified atom stereocenters. The lowest BCUT2D eigenvalue weighted by Crippen LogP contribution is -2.43. The highest BCUT2D eigenvalue weighted by Crippen LogP contribution is 2.15. The number of amides is 3. The summed E-state index contributed by atoms with van der Waals surface area (Å²) in [5, 5.41) is 3.70. The molecular weight excluding hydrogens is 259 g/mol. The molecule has 0 saturated carbocycles. The molecule has 0 aliphatic rings. The highest BCUT2D eigenvalue weighted by atomic mass is 35.5. The molecule has 0 aliphatic carbocycles. The molecule has 6 heteroatoms. The Balaban J connectivity index is 2.60. The summed E-state index contributed by atoms with van der Waals surface area (Å²) in [6.07, 6.45) is 0. The zero-order chi connectivity index (χ0) is 13.7. The van der Waals surface area contributed by atoms with Crippen LogP contribution in [-0.2, 0) is 4.79 Å². The van der Waals surface area contributed by atoms with Crippen molar-refractivity contribution < 1.29 is 14.0 Å². The van der Waals surface area contributed by atoms with E-state index in [4.69, 9.17) is 11.6 Å². The smallest absolute Gasteiger partial charge is 0.321 e. The van der Waals surface area contributed by atoms with Crippen LogP contribution in [0.5, 0.6) is 0 Å². The molecule has 0 bridgehead atoms. The van der Waals surface area contributed by atoms with E-state index in [1.165, 1.54) is 13.0 Å². The Morgan fingerprint density at radius 3 is 2.44 bits per heavy atom. The summed E-state index contributed by atoms with van der Waals surface area (Å²) in [6.45, 7) is 3.07. The molecule has 0 spiro atoms. The molecule has 0 aliphatic heterocycles. The Morgan fingerprint density at radius 1 is 1.28 bits per heavy atom. The molecule has 4 nitrogen and oxygen atoms in total. The van der Waals surface area contributed by atoms with Crippen molar-refractivity contribution in [2.45, 2.75) is 25.3 Å². The third kappa shape index (κ3) is 4.00. The third-order valence-electron chi connectivity index (χ3n) is 2.32. The number of urea groups is 1. The van der Waals surface area contributed by atoms with Gasteiger partial charge in [0.2, 0.25) is 5.91 Å². The summed E-state index contributed by atoms with van der Waals surface area (Å²) >= 11 is 5.50. The fourth-order valence-electron chi connectivity index (χ4n) is 1.35. The molecule has 2 N–H and O–H groups in total. The predicted molar refractivity (Wildman–Crippen MR) is 66.8 cm³/mol. The summed E-state index contributed by atoms with van der Waals surface area (Å²) in [4.78, 5) is 22.6. The van der Waals surface area contributed by atoms with Crippen LogP contribution in [0.3, 0.4) is 0 Å². The summed E-state index contributed by atoms with van der Waals surface area (Å²) in [7, 11) is 0. The molecule has 0 heterocycles. The Kier molecular flexibility index (Phi) is 5.09. The SMILES string of the molecule is CC(Cl)C(=O)NC(=O)NC(C)c1ccccc1F. The molecule has 3 amide bonds. The van der Waals surface area contributed by atoms with Crippen LogP contribution in [0.4, 0.5) is 9.18 Å². The van der Waals surface area contributed by atoms with Crippen molar-refractivity contribution in [1.29, 1.82) is 0 Å². The number of hydrogen-bond acceptors (Lipinski definition) is 2. The fourth-order valence-corrected chi connectivity index (χ4v) is 1.40. The first-order chi connectivity index (χ1) is 8.41. The van der Waals surface area contributed by atoms with Gasteiger partial charge in [0.15, 0.2) is 0 Å². The summed E-state index contributed by atoms with van der Waals surface area (Å²) in [5.41, 5.74) is 0.346. The summed E-state index contributed by atoms with van der Waals surface area (Å²) in [6, 6.07) is 4.84. The predicted octanol–water partition coefficient (Wildman–Crippen LogP) is 2.34. The molecule has 2 atom stereocenters. The van der Waals surface area contributed by atoms with E-state index in [2.05, 4.69) is 10.6 Å². The number of carbonyl (C=O) groups excluding carboxylic acids is 2. The van der Waals surface area contributed by atoms with Gasteiger partial charge in [-0.1, -0.05) is 18.2 Å². The standard InChI is InChI=1S/C12H14ClFN2O2/c1-7(13)11(17)16-12(18)15-8(2)9-5-3-4-6-10(9)14/h3-8H,1-2H3,(H2,15,16,17,18). The average Bonchev–Trinajstić information content (AvgIpc) is 2.28. The highest BCUT2D eigenvalue weighted by molar-refractivity contribution is 6.31. The van der Waals surface area contributed by atoms with Crippen molar-refractivity contribution in [3.63, 3.8) is 0 Å². The molecule has 0 saturated heterocycles. The first-order valence-electron chi connectivity index (χ1n) is 5.41. The number of nitrogens with one attached hydrogen (secondary N) is 2. The quantitative estimate of drug-likeness (QED) is 0.830. The van der Waals surface area contributed by atoms with Crippen LogP contribution in [0.25, 0.3) is 0 Å². The van der Waals surface area contributed by atoms with Crippen molar-refractivity contribution in [2.75, 3.05) is 0 Å². The van der Waals surface area contributed by atoms with Gasteiger partial charge in [0.25, 0.3) is 0 Å². The zero-order valence-corrected chi connectivity index (χ0v) is 10.8. The minimum atomic E-state index is -0.806. The number of halogens is 2. The van der Waals surface area contributed by atoms with E-state index < -0.39 is 29.2 Å². The molecule has 0 aromatic heterocycles. The first kappa shape index (κ1) is 14.4. The van der Waals surface area contributed by atoms with Gasteiger partial charge in [-0.05, 0) is 19.9 Å². The maximum atomic E-state index is 13.4. The largest absolute Gasteiger partial charge is 0.331 e. The fraction of sp³-hybridized carbons (Fsp3) is 0.333. The molecular formula is C12H14ClFN2O2. The van der Waals surface area contributed by atoms with Gasteiger partial charge in [0, 0.05) is 5.56 Å². The average molecular weight is 273 g/mol.